The minimum absolute atomic E-state index is 0.254. The molecule has 8 heteroatoms. The van der Waals surface area contributed by atoms with Crippen molar-refractivity contribution >= 4 is 23.6 Å². The Morgan fingerprint density at radius 2 is 2.14 bits per heavy atom. The molecule has 112 valence electrons. The number of esters is 1. The van der Waals surface area contributed by atoms with Gasteiger partial charge in [-0.15, -0.1) is 10.2 Å². The first-order chi connectivity index (χ1) is 9.88. The number of carbonyl (C=O) groups excluding carboxylic acids is 1. The Morgan fingerprint density at radius 3 is 2.67 bits per heavy atom. The van der Waals surface area contributed by atoms with Crippen molar-refractivity contribution in [1.29, 1.82) is 0 Å². The van der Waals surface area contributed by atoms with Crippen LogP contribution in [-0.2, 0) is 16.6 Å². The summed E-state index contributed by atoms with van der Waals surface area (Å²) in [7, 11) is 1.73. The first kappa shape index (κ1) is 15.2. The van der Waals surface area contributed by atoms with Gasteiger partial charge in [-0.2, -0.15) is 5.10 Å². The Hall–Kier alpha value is -2.15. The molecule has 0 bridgehead atoms. The van der Waals surface area contributed by atoms with E-state index in [1.165, 1.54) is 10.8 Å². The maximum absolute atomic E-state index is 11.8. The van der Waals surface area contributed by atoms with Crippen LogP contribution in [0.15, 0.2) is 10.5 Å². The molecule has 2 heterocycles. The van der Waals surface area contributed by atoms with Crippen LogP contribution >= 0.6 is 11.6 Å². The lowest BCUT2D eigenvalue weighted by Crippen LogP contribution is -2.06. The van der Waals surface area contributed by atoms with Crippen LogP contribution in [0, 0.1) is 13.8 Å². The van der Waals surface area contributed by atoms with Gasteiger partial charge in [-0.05, 0) is 19.9 Å². The Labute approximate surface area is 126 Å². The molecule has 0 unspecified atom stereocenters. The van der Waals surface area contributed by atoms with E-state index in [-0.39, 0.29) is 5.89 Å². The normalized spacial score (nSPS) is 12.8. The zero-order valence-corrected chi connectivity index (χ0v) is 12.9. The summed E-state index contributed by atoms with van der Waals surface area (Å²) in [6.07, 6.45) is 2.24. The number of nitrogens with zero attached hydrogens (tertiary/aromatic N) is 4. The first-order valence-electron chi connectivity index (χ1n) is 6.26. The van der Waals surface area contributed by atoms with E-state index >= 15 is 0 Å². The third-order valence-corrected chi connectivity index (χ3v) is 3.21. The summed E-state index contributed by atoms with van der Waals surface area (Å²) in [6, 6.07) is 0. The van der Waals surface area contributed by atoms with Crippen LogP contribution < -0.4 is 0 Å². The molecule has 0 saturated heterocycles. The summed E-state index contributed by atoms with van der Waals surface area (Å²) in [6.45, 7) is 5.12. The third kappa shape index (κ3) is 3.49. The van der Waals surface area contributed by atoms with Crippen molar-refractivity contribution in [2.45, 2.75) is 26.9 Å². The molecule has 0 aliphatic rings. The van der Waals surface area contributed by atoms with Crippen LogP contribution in [0.2, 0.25) is 5.15 Å². The topological polar surface area (TPSA) is 83.0 Å². The summed E-state index contributed by atoms with van der Waals surface area (Å²) in [5, 5.41) is 12.1. The SMILES string of the molecule is Cc1nnc([C@H](C)OC(=O)/C=C/c2c(C)nn(C)c2Cl)o1. The number of hydrogen-bond donors (Lipinski definition) is 0. The molecule has 1 atom stereocenters. The highest BCUT2D eigenvalue weighted by molar-refractivity contribution is 6.31. The summed E-state index contributed by atoms with van der Waals surface area (Å²) in [5.74, 6) is 0.142. The molecule has 2 aromatic rings. The van der Waals surface area contributed by atoms with Crippen molar-refractivity contribution in [3.63, 3.8) is 0 Å². The van der Waals surface area contributed by atoms with Crippen LogP contribution in [0.3, 0.4) is 0 Å². The molecule has 0 saturated carbocycles. The fourth-order valence-corrected chi connectivity index (χ4v) is 1.96. The molecule has 0 amide bonds. The molecule has 2 rings (SSSR count). The zero-order valence-electron chi connectivity index (χ0n) is 12.1. The van der Waals surface area contributed by atoms with E-state index in [4.69, 9.17) is 20.8 Å². The van der Waals surface area contributed by atoms with E-state index in [9.17, 15) is 4.79 Å². The predicted molar refractivity (Wildman–Crippen MR) is 75.5 cm³/mol. The van der Waals surface area contributed by atoms with Gasteiger partial charge in [0, 0.05) is 25.6 Å². The molecule has 0 aliphatic carbocycles. The number of rotatable bonds is 4. The highest BCUT2D eigenvalue weighted by atomic mass is 35.5. The van der Waals surface area contributed by atoms with E-state index in [0.717, 1.165) is 5.69 Å². The van der Waals surface area contributed by atoms with Crippen LogP contribution in [0.4, 0.5) is 0 Å². The molecule has 0 aromatic carbocycles. The van der Waals surface area contributed by atoms with Gasteiger partial charge in [0.2, 0.25) is 5.89 Å². The second-order valence-corrected chi connectivity index (χ2v) is 4.84. The number of halogens is 1. The van der Waals surface area contributed by atoms with Crippen molar-refractivity contribution in [3.05, 3.63) is 34.3 Å². The van der Waals surface area contributed by atoms with E-state index in [2.05, 4.69) is 15.3 Å². The Kier molecular flexibility index (Phi) is 4.42. The molecule has 21 heavy (non-hydrogen) atoms. The van der Waals surface area contributed by atoms with Crippen molar-refractivity contribution in [2.24, 2.45) is 7.05 Å². The number of aryl methyl sites for hydroxylation is 3. The van der Waals surface area contributed by atoms with Crippen LogP contribution in [-0.4, -0.2) is 25.9 Å². The molecule has 0 fully saturated rings. The lowest BCUT2D eigenvalue weighted by Gasteiger charge is -2.06. The van der Waals surface area contributed by atoms with E-state index in [1.807, 2.05) is 0 Å². The van der Waals surface area contributed by atoms with Gasteiger partial charge in [-0.3, -0.25) is 4.68 Å². The van der Waals surface area contributed by atoms with Gasteiger partial charge in [0.25, 0.3) is 5.89 Å². The number of ether oxygens (including phenoxy) is 1. The quantitative estimate of drug-likeness (QED) is 0.637. The van der Waals surface area contributed by atoms with Gasteiger partial charge >= 0.3 is 5.97 Å². The largest absolute Gasteiger partial charge is 0.449 e. The summed E-state index contributed by atoms with van der Waals surface area (Å²) < 4.78 is 11.9. The van der Waals surface area contributed by atoms with Gasteiger partial charge in [-0.25, -0.2) is 4.79 Å². The number of hydrogen-bond acceptors (Lipinski definition) is 6. The average Bonchev–Trinajstić information content (AvgIpc) is 2.94. The Balaban J connectivity index is 2.03. The smallest absolute Gasteiger partial charge is 0.331 e. The van der Waals surface area contributed by atoms with Gasteiger partial charge in [0.05, 0.1) is 5.69 Å². The number of aromatic nitrogens is 4. The number of carbonyl (C=O) groups is 1. The fourth-order valence-electron chi connectivity index (χ4n) is 1.73. The van der Waals surface area contributed by atoms with Gasteiger partial charge in [0.15, 0.2) is 6.10 Å². The predicted octanol–water partition coefficient (Wildman–Crippen LogP) is 2.39. The fraction of sp³-hybridized carbons (Fsp3) is 0.385. The molecule has 7 nitrogen and oxygen atoms in total. The maximum atomic E-state index is 11.8. The summed E-state index contributed by atoms with van der Waals surface area (Å²) >= 11 is 6.07. The van der Waals surface area contributed by atoms with Crippen LogP contribution in [0.5, 0.6) is 0 Å². The van der Waals surface area contributed by atoms with Gasteiger partial charge < -0.3 is 9.15 Å². The molecule has 2 aromatic heterocycles. The zero-order chi connectivity index (χ0) is 15.6. The minimum atomic E-state index is -0.617. The first-order valence-corrected chi connectivity index (χ1v) is 6.64. The molecule has 0 N–H and O–H groups in total. The molecule has 0 radical (unpaired) electrons. The van der Waals surface area contributed by atoms with Gasteiger partial charge in [0.1, 0.15) is 5.15 Å². The Morgan fingerprint density at radius 1 is 1.43 bits per heavy atom. The minimum Gasteiger partial charge on any atom is -0.449 e. The molecular formula is C13H15ClN4O3. The lowest BCUT2D eigenvalue weighted by molar-refractivity contribution is -0.143. The van der Waals surface area contributed by atoms with E-state index < -0.39 is 12.1 Å². The standard InChI is InChI=1S/C13H15ClN4O3/c1-7-10(12(14)18(4)17-7)5-6-11(19)20-8(2)13-16-15-9(3)21-13/h5-6,8H,1-4H3/b6-5+/t8-/m0/s1. The highest BCUT2D eigenvalue weighted by Crippen LogP contribution is 2.20. The second kappa shape index (κ2) is 6.09. The maximum Gasteiger partial charge on any atom is 0.331 e. The third-order valence-electron chi connectivity index (χ3n) is 2.76. The van der Waals surface area contributed by atoms with Crippen molar-refractivity contribution < 1.29 is 13.9 Å². The second-order valence-electron chi connectivity index (χ2n) is 4.49. The van der Waals surface area contributed by atoms with E-state index in [0.29, 0.717) is 16.6 Å². The lowest BCUT2D eigenvalue weighted by atomic mass is 10.2. The highest BCUT2D eigenvalue weighted by Gasteiger charge is 2.16. The van der Waals surface area contributed by atoms with E-state index in [1.54, 1.807) is 33.9 Å². The van der Waals surface area contributed by atoms with Crippen molar-refractivity contribution in [1.82, 2.24) is 20.0 Å². The van der Waals surface area contributed by atoms with Crippen molar-refractivity contribution in [3.8, 4) is 0 Å². The Bertz CT molecular complexity index is 690. The van der Waals surface area contributed by atoms with Crippen LogP contribution in [0.1, 0.15) is 36.1 Å². The molecule has 0 spiro atoms. The summed E-state index contributed by atoms with van der Waals surface area (Å²) in [5.41, 5.74) is 1.41. The van der Waals surface area contributed by atoms with Crippen molar-refractivity contribution in [2.75, 3.05) is 0 Å². The molecular weight excluding hydrogens is 296 g/mol. The average molecular weight is 311 g/mol. The summed E-state index contributed by atoms with van der Waals surface area (Å²) in [4.78, 5) is 11.8. The van der Waals surface area contributed by atoms with Gasteiger partial charge in [-0.1, -0.05) is 11.6 Å². The molecule has 0 aliphatic heterocycles. The monoisotopic (exact) mass is 310 g/mol. The van der Waals surface area contributed by atoms with Crippen LogP contribution in [0.25, 0.3) is 6.08 Å².